The third kappa shape index (κ3) is 1.99. The molecule has 2 aliphatic rings. The number of aliphatic carboxylic acids is 1. The minimum Gasteiger partial charge on any atom is -0.481 e. The first-order valence-electron chi connectivity index (χ1n) is 7.11. The van der Waals surface area contributed by atoms with Crippen LogP contribution in [0, 0.1) is 5.41 Å². The highest BCUT2D eigenvalue weighted by Gasteiger charge is 2.44. The zero-order chi connectivity index (χ0) is 14.3. The first-order chi connectivity index (χ1) is 9.51. The Morgan fingerprint density at radius 1 is 1.35 bits per heavy atom. The van der Waals surface area contributed by atoms with Gasteiger partial charge >= 0.3 is 5.97 Å². The zero-order valence-corrected chi connectivity index (χ0v) is 11.6. The van der Waals surface area contributed by atoms with E-state index in [1.165, 1.54) is 5.56 Å². The van der Waals surface area contributed by atoms with E-state index >= 15 is 0 Å². The van der Waals surface area contributed by atoms with Crippen LogP contribution in [-0.4, -0.2) is 35.0 Å². The summed E-state index contributed by atoms with van der Waals surface area (Å²) in [5, 5.41) is 9.26. The second kappa shape index (κ2) is 4.62. The number of aryl methyl sites for hydroxylation is 1. The van der Waals surface area contributed by atoms with Crippen molar-refractivity contribution in [3.05, 3.63) is 35.4 Å². The largest absolute Gasteiger partial charge is 0.481 e. The number of rotatable bonds is 2. The number of amides is 1. The molecule has 2 unspecified atom stereocenters. The molecule has 4 heteroatoms. The number of carbonyl (C=O) groups is 2. The number of hydrogen-bond donors (Lipinski definition) is 1. The molecule has 2 atom stereocenters. The van der Waals surface area contributed by atoms with Gasteiger partial charge in [-0.25, -0.2) is 0 Å². The normalized spacial score (nSPS) is 28.4. The van der Waals surface area contributed by atoms with Crippen LogP contribution in [0.1, 0.15) is 36.8 Å². The summed E-state index contributed by atoms with van der Waals surface area (Å²) in [7, 11) is 0. The molecule has 4 nitrogen and oxygen atoms in total. The Labute approximate surface area is 118 Å². The Morgan fingerprint density at radius 3 is 2.80 bits per heavy atom. The van der Waals surface area contributed by atoms with Crippen LogP contribution in [0.4, 0.5) is 0 Å². The molecular weight excluding hydrogens is 254 g/mol. The van der Waals surface area contributed by atoms with Gasteiger partial charge in [-0.15, -0.1) is 0 Å². The van der Waals surface area contributed by atoms with Gasteiger partial charge in [-0.1, -0.05) is 24.3 Å². The van der Waals surface area contributed by atoms with Crippen molar-refractivity contribution in [3.8, 4) is 0 Å². The Bertz CT molecular complexity index is 569. The van der Waals surface area contributed by atoms with Crippen LogP contribution < -0.4 is 0 Å². The molecule has 0 radical (unpaired) electrons. The lowest BCUT2D eigenvalue weighted by Gasteiger charge is -2.23. The standard InChI is InChI=1S/C16H19NO3/c1-16(15(19)20)8-9-17(10-16)14(18)13-7-6-11-4-2-3-5-12(11)13/h2-5,13H,6-10H2,1H3,(H,19,20). The summed E-state index contributed by atoms with van der Waals surface area (Å²) in [6.07, 6.45) is 2.33. The molecule has 0 aromatic heterocycles. The van der Waals surface area contributed by atoms with Gasteiger partial charge in [0.1, 0.15) is 0 Å². The van der Waals surface area contributed by atoms with Crippen molar-refractivity contribution in [2.24, 2.45) is 5.41 Å². The van der Waals surface area contributed by atoms with Crippen LogP contribution in [0.2, 0.25) is 0 Å². The molecule has 106 valence electrons. The molecular formula is C16H19NO3. The smallest absolute Gasteiger partial charge is 0.311 e. The van der Waals surface area contributed by atoms with E-state index in [0.29, 0.717) is 19.5 Å². The number of nitrogens with zero attached hydrogens (tertiary/aromatic N) is 1. The quantitative estimate of drug-likeness (QED) is 0.897. The fourth-order valence-corrected chi connectivity index (χ4v) is 3.36. The molecule has 0 spiro atoms. The van der Waals surface area contributed by atoms with Crippen molar-refractivity contribution >= 4 is 11.9 Å². The predicted molar refractivity (Wildman–Crippen MR) is 74.4 cm³/mol. The van der Waals surface area contributed by atoms with Gasteiger partial charge in [-0.2, -0.15) is 0 Å². The molecule has 1 aromatic rings. The molecule has 1 heterocycles. The SMILES string of the molecule is CC1(C(=O)O)CCN(C(=O)C2CCc3ccccc32)C1. The topological polar surface area (TPSA) is 57.6 Å². The van der Waals surface area contributed by atoms with Gasteiger partial charge in [-0.3, -0.25) is 9.59 Å². The van der Waals surface area contributed by atoms with Crippen LogP contribution >= 0.6 is 0 Å². The van der Waals surface area contributed by atoms with Crippen LogP contribution in [0.25, 0.3) is 0 Å². The Hall–Kier alpha value is -1.84. The highest BCUT2D eigenvalue weighted by Crippen LogP contribution is 2.37. The number of carbonyl (C=O) groups excluding carboxylic acids is 1. The molecule has 1 aliphatic heterocycles. The van der Waals surface area contributed by atoms with Crippen molar-refractivity contribution in [3.63, 3.8) is 0 Å². The molecule has 0 saturated carbocycles. The van der Waals surface area contributed by atoms with Gasteiger partial charge in [0.25, 0.3) is 0 Å². The fourth-order valence-electron chi connectivity index (χ4n) is 3.36. The second-order valence-corrected chi connectivity index (χ2v) is 6.17. The minimum atomic E-state index is -0.806. The predicted octanol–water partition coefficient (Wildman–Crippen LogP) is 2.04. The van der Waals surface area contributed by atoms with E-state index in [4.69, 9.17) is 0 Å². The van der Waals surface area contributed by atoms with Gasteiger partial charge in [0.15, 0.2) is 0 Å². The highest BCUT2D eigenvalue weighted by molar-refractivity contribution is 5.86. The van der Waals surface area contributed by atoms with Gasteiger partial charge in [-0.05, 0) is 37.3 Å². The number of carboxylic acid groups (broad SMARTS) is 1. The number of hydrogen-bond acceptors (Lipinski definition) is 2. The summed E-state index contributed by atoms with van der Waals surface area (Å²) in [5.74, 6) is -0.790. The van der Waals surface area contributed by atoms with Crippen molar-refractivity contribution in [1.29, 1.82) is 0 Å². The first-order valence-corrected chi connectivity index (χ1v) is 7.11. The third-order valence-electron chi connectivity index (χ3n) is 4.73. The average molecular weight is 273 g/mol. The second-order valence-electron chi connectivity index (χ2n) is 6.17. The first kappa shape index (κ1) is 13.2. The van der Waals surface area contributed by atoms with Crippen molar-refractivity contribution in [2.75, 3.05) is 13.1 Å². The lowest BCUT2D eigenvalue weighted by atomic mass is 9.90. The van der Waals surface area contributed by atoms with Gasteiger partial charge in [0.05, 0.1) is 11.3 Å². The lowest BCUT2D eigenvalue weighted by molar-refractivity contribution is -0.147. The monoisotopic (exact) mass is 273 g/mol. The van der Waals surface area contributed by atoms with Crippen LogP contribution in [0.5, 0.6) is 0 Å². The van der Waals surface area contributed by atoms with Crippen LogP contribution in [0.3, 0.4) is 0 Å². The van der Waals surface area contributed by atoms with Gasteiger partial charge < -0.3 is 10.0 Å². The van der Waals surface area contributed by atoms with E-state index in [2.05, 4.69) is 6.07 Å². The molecule has 3 rings (SSSR count). The molecule has 1 saturated heterocycles. The fraction of sp³-hybridized carbons (Fsp3) is 0.500. The van der Waals surface area contributed by atoms with Gasteiger partial charge in [0, 0.05) is 13.1 Å². The van der Waals surface area contributed by atoms with E-state index < -0.39 is 11.4 Å². The van der Waals surface area contributed by atoms with E-state index in [0.717, 1.165) is 18.4 Å². The van der Waals surface area contributed by atoms with Crippen molar-refractivity contribution in [2.45, 2.75) is 32.1 Å². The maximum Gasteiger partial charge on any atom is 0.311 e. The summed E-state index contributed by atoms with van der Waals surface area (Å²) in [6, 6.07) is 8.07. The molecule has 1 fully saturated rings. The number of fused-ring (bicyclic) bond motifs is 1. The lowest BCUT2D eigenvalue weighted by Crippen LogP contribution is -2.37. The summed E-state index contributed by atoms with van der Waals surface area (Å²) >= 11 is 0. The molecule has 1 aromatic carbocycles. The number of likely N-dealkylation sites (tertiary alicyclic amines) is 1. The minimum absolute atomic E-state index is 0.0812. The highest BCUT2D eigenvalue weighted by atomic mass is 16.4. The van der Waals surface area contributed by atoms with Crippen molar-refractivity contribution in [1.82, 2.24) is 4.90 Å². The number of carboxylic acids is 1. The summed E-state index contributed by atoms with van der Waals surface area (Å²) in [5.41, 5.74) is 1.60. The Balaban J connectivity index is 1.77. The summed E-state index contributed by atoms with van der Waals surface area (Å²) < 4.78 is 0. The van der Waals surface area contributed by atoms with E-state index in [-0.39, 0.29) is 11.8 Å². The summed E-state index contributed by atoms with van der Waals surface area (Å²) in [6.45, 7) is 2.62. The third-order valence-corrected chi connectivity index (χ3v) is 4.73. The molecule has 1 amide bonds. The maximum atomic E-state index is 12.7. The molecule has 0 bridgehead atoms. The van der Waals surface area contributed by atoms with E-state index in [1.54, 1.807) is 11.8 Å². The van der Waals surface area contributed by atoms with Crippen LogP contribution in [-0.2, 0) is 16.0 Å². The Morgan fingerprint density at radius 2 is 2.10 bits per heavy atom. The zero-order valence-electron chi connectivity index (χ0n) is 11.6. The van der Waals surface area contributed by atoms with Gasteiger partial charge in [0.2, 0.25) is 5.91 Å². The molecule has 1 aliphatic carbocycles. The molecule has 1 N–H and O–H groups in total. The summed E-state index contributed by atoms with van der Waals surface area (Å²) in [4.78, 5) is 25.7. The van der Waals surface area contributed by atoms with Crippen LogP contribution in [0.15, 0.2) is 24.3 Å². The molecule has 20 heavy (non-hydrogen) atoms. The average Bonchev–Trinajstić information content (AvgIpc) is 3.03. The van der Waals surface area contributed by atoms with Crippen molar-refractivity contribution < 1.29 is 14.7 Å². The Kier molecular flexibility index (Phi) is 3.04. The van der Waals surface area contributed by atoms with E-state index in [1.807, 2.05) is 18.2 Å². The number of benzene rings is 1. The van der Waals surface area contributed by atoms with E-state index in [9.17, 15) is 14.7 Å². The maximum absolute atomic E-state index is 12.7.